The molecule has 0 aromatic heterocycles. The van der Waals surface area contributed by atoms with Crippen LogP contribution in [-0.4, -0.2) is 34.1 Å². The highest BCUT2D eigenvalue weighted by Crippen LogP contribution is 2.60. The quantitative estimate of drug-likeness (QED) is 0.253. The topological polar surface area (TPSA) is 86.5 Å². The molecule has 7 atom stereocenters. The third-order valence-electron chi connectivity index (χ3n) is 7.85. The number of aliphatic carboxylic acids is 1. The summed E-state index contributed by atoms with van der Waals surface area (Å²) in [6.07, 6.45) is 5.80. The maximum atomic E-state index is 12.6. The number of rotatable bonds is 4. The first-order valence-corrected chi connectivity index (χ1v) is 13.1. The highest BCUT2D eigenvalue weighted by molar-refractivity contribution is 8.00. The largest absolute Gasteiger partial charge is 0.548 e. The van der Waals surface area contributed by atoms with Gasteiger partial charge < -0.3 is 14.8 Å². The minimum Gasteiger partial charge on any atom is -0.548 e. The first-order valence-electron chi connectivity index (χ1n) is 11.4. The van der Waals surface area contributed by atoms with Gasteiger partial charge in [0.1, 0.15) is 0 Å². The van der Waals surface area contributed by atoms with Crippen molar-refractivity contribution in [1.82, 2.24) is 0 Å². The number of thioether (sulfide) groups is 1. The van der Waals surface area contributed by atoms with Crippen molar-refractivity contribution in [2.75, 3.05) is 11.4 Å². The number of para-hydroxylation sites is 1. The third-order valence-corrected chi connectivity index (χ3v) is 10.2. The van der Waals surface area contributed by atoms with Crippen LogP contribution in [0.5, 0.6) is 0 Å². The highest BCUT2D eigenvalue weighted by atomic mass is 35.5. The van der Waals surface area contributed by atoms with E-state index in [9.17, 15) is 20.0 Å². The van der Waals surface area contributed by atoms with Crippen LogP contribution in [0.25, 0.3) is 0 Å². The fraction of sp³-hybridized carbons (Fsp3) is 0.400. The molecule has 0 N–H and O–H groups in total. The van der Waals surface area contributed by atoms with E-state index in [0.29, 0.717) is 28.8 Å². The van der Waals surface area contributed by atoms with E-state index in [-0.39, 0.29) is 28.7 Å². The van der Waals surface area contributed by atoms with Crippen LogP contribution in [0.4, 0.5) is 11.4 Å². The van der Waals surface area contributed by atoms with Gasteiger partial charge in [-0.25, -0.2) is 0 Å². The number of nitro groups is 1. The van der Waals surface area contributed by atoms with Crippen LogP contribution in [0.1, 0.15) is 35.8 Å². The van der Waals surface area contributed by atoms with Crippen LogP contribution in [-0.2, 0) is 4.79 Å². The Kier molecular flexibility index (Phi) is 5.35. The fourth-order valence-corrected chi connectivity index (χ4v) is 8.76. The van der Waals surface area contributed by atoms with Gasteiger partial charge in [0, 0.05) is 40.4 Å². The Bertz CT molecular complexity index is 1240. The molecule has 0 spiro atoms. The van der Waals surface area contributed by atoms with E-state index in [1.54, 1.807) is 18.2 Å². The molecule has 2 aromatic rings. The smallest absolute Gasteiger partial charge is 0.282 e. The van der Waals surface area contributed by atoms with Crippen LogP contribution < -0.4 is 10.0 Å². The van der Waals surface area contributed by atoms with Crippen molar-refractivity contribution in [1.29, 1.82) is 0 Å². The van der Waals surface area contributed by atoms with Gasteiger partial charge in [-0.15, -0.1) is 23.4 Å². The number of carbonyl (C=O) groups is 1. The molecule has 1 saturated carbocycles. The summed E-state index contributed by atoms with van der Waals surface area (Å²) in [7, 11) is 0. The molecular weight excluding hydrogens is 495 g/mol. The lowest BCUT2D eigenvalue weighted by Gasteiger charge is -2.51. The van der Waals surface area contributed by atoms with Gasteiger partial charge in [-0.1, -0.05) is 35.9 Å². The Morgan fingerprint density at radius 1 is 1.21 bits per heavy atom. The van der Waals surface area contributed by atoms with E-state index in [0.717, 1.165) is 23.2 Å². The fourth-order valence-electron chi connectivity index (χ4n) is 6.58. The van der Waals surface area contributed by atoms with Crippen molar-refractivity contribution < 1.29 is 14.8 Å². The number of carboxylic acid groups (broad SMARTS) is 1. The normalized spacial score (nSPS) is 32.8. The summed E-state index contributed by atoms with van der Waals surface area (Å²) in [5.41, 5.74) is 3.03. The predicted octanol–water partition coefficient (Wildman–Crippen LogP) is 4.73. The van der Waals surface area contributed by atoms with E-state index in [2.05, 4.69) is 12.2 Å². The van der Waals surface area contributed by atoms with Crippen molar-refractivity contribution >= 4 is 52.3 Å². The summed E-state index contributed by atoms with van der Waals surface area (Å²) in [6, 6.07) is 9.71. The number of allylic oxidation sites excluding steroid dienone is 2. The zero-order valence-electron chi connectivity index (χ0n) is 18.0. The Labute approximate surface area is 211 Å². The molecule has 0 amide bonds. The SMILES string of the molecule is O=C([O-])[C@@H]1[C@H]2C[C@@H](Sc3ccccc3[N+](=O)[O-])[C@@H](Cl)[C@H]2c2cc(Cl)cc3c2N1C[C@H]1CC=C[C@H]31. The number of carbonyl (C=O) groups excluding carboxylic acids is 1. The van der Waals surface area contributed by atoms with Crippen LogP contribution >= 0.6 is 35.0 Å². The second-order valence-corrected chi connectivity index (χ2v) is 11.8. The summed E-state index contributed by atoms with van der Waals surface area (Å²) < 4.78 is 0. The van der Waals surface area contributed by atoms with E-state index >= 15 is 0 Å². The Morgan fingerprint density at radius 2 is 1.97 bits per heavy atom. The van der Waals surface area contributed by atoms with Gasteiger partial charge in [-0.2, -0.15) is 0 Å². The monoisotopic (exact) mass is 515 g/mol. The lowest BCUT2D eigenvalue weighted by Crippen LogP contribution is -2.58. The second kappa shape index (κ2) is 8.18. The minimum atomic E-state index is -1.09. The van der Waals surface area contributed by atoms with Gasteiger partial charge >= 0.3 is 0 Å². The number of anilines is 1. The van der Waals surface area contributed by atoms with Crippen LogP contribution in [0.3, 0.4) is 0 Å². The summed E-state index contributed by atoms with van der Waals surface area (Å²) in [5, 5.41) is 24.1. The number of nitro benzene ring substituents is 1. The molecular formula is C25H21Cl2N2O4S-. The number of carboxylic acids is 1. The standard InChI is InChI=1S/C25H22Cl2N2O4S/c26-13-8-15-14-5-3-4-12(14)11-28-23(15)16(9-13)21-17(24(28)25(30)31)10-20(22(21)27)34-19-7-2-1-6-18(19)29(32)33/h1-3,5-9,12,14,17,20-22,24H,4,10-11H2,(H,30,31)/p-1/t12-,14+,17+,20-,21+,22-,24+/m1/s1. The molecule has 2 aliphatic heterocycles. The molecule has 2 heterocycles. The summed E-state index contributed by atoms with van der Waals surface area (Å²) in [4.78, 5) is 26.3. The first kappa shape index (κ1) is 22.3. The zero-order valence-corrected chi connectivity index (χ0v) is 20.3. The molecule has 4 aliphatic rings. The van der Waals surface area contributed by atoms with Gasteiger partial charge in [0.05, 0.1) is 27.2 Å². The minimum absolute atomic E-state index is 0.0348. The van der Waals surface area contributed by atoms with E-state index in [1.807, 2.05) is 17.0 Å². The average Bonchev–Trinajstić information content (AvgIpc) is 3.38. The molecule has 34 heavy (non-hydrogen) atoms. The van der Waals surface area contributed by atoms with Crippen molar-refractivity contribution in [2.24, 2.45) is 11.8 Å². The first-order chi connectivity index (χ1) is 16.3. The Morgan fingerprint density at radius 3 is 2.74 bits per heavy atom. The number of fused-ring (bicyclic) bond motifs is 4. The Hall–Kier alpha value is -2.22. The number of hydrogen-bond donors (Lipinski definition) is 0. The molecule has 0 radical (unpaired) electrons. The molecule has 1 fully saturated rings. The van der Waals surface area contributed by atoms with Gasteiger partial charge in [0.2, 0.25) is 0 Å². The van der Waals surface area contributed by atoms with E-state index in [4.69, 9.17) is 23.2 Å². The van der Waals surface area contributed by atoms with Crippen molar-refractivity contribution in [3.63, 3.8) is 0 Å². The number of hydrogen-bond acceptors (Lipinski definition) is 6. The van der Waals surface area contributed by atoms with Gasteiger partial charge in [0.25, 0.3) is 5.69 Å². The van der Waals surface area contributed by atoms with Crippen LogP contribution in [0.2, 0.25) is 5.02 Å². The maximum Gasteiger partial charge on any atom is 0.282 e. The number of alkyl halides is 1. The zero-order chi connectivity index (χ0) is 23.7. The van der Waals surface area contributed by atoms with E-state index in [1.165, 1.54) is 17.8 Å². The molecule has 6 rings (SSSR count). The molecule has 2 aliphatic carbocycles. The molecule has 2 aromatic carbocycles. The van der Waals surface area contributed by atoms with E-state index < -0.39 is 22.3 Å². The Balaban J connectivity index is 1.45. The molecule has 6 nitrogen and oxygen atoms in total. The summed E-state index contributed by atoms with van der Waals surface area (Å²) >= 11 is 15.0. The summed E-state index contributed by atoms with van der Waals surface area (Å²) in [5.74, 6) is -1.06. The molecule has 176 valence electrons. The van der Waals surface area contributed by atoms with Gasteiger partial charge in [-0.3, -0.25) is 10.1 Å². The summed E-state index contributed by atoms with van der Waals surface area (Å²) in [6.45, 7) is 0.649. The van der Waals surface area contributed by atoms with Crippen LogP contribution in [0.15, 0.2) is 53.4 Å². The molecule has 0 saturated heterocycles. The predicted molar refractivity (Wildman–Crippen MR) is 131 cm³/mol. The molecule has 9 heteroatoms. The maximum absolute atomic E-state index is 12.6. The number of benzene rings is 2. The van der Waals surface area contributed by atoms with Crippen molar-refractivity contribution in [2.45, 2.75) is 46.2 Å². The average molecular weight is 516 g/mol. The van der Waals surface area contributed by atoms with Crippen molar-refractivity contribution in [3.8, 4) is 0 Å². The lowest BCUT2D eigenvalue weighted by atomic mass is 9.72. The highest BCUT2D eigenvalue weighted by Gasteiger charge is 2.55. The number of halogens is 2. The molecule has 0 bridgehead atoms. The lowest BCUT2D eigenvalue weighted by molar-refractivity contribution is -0.387. The number of nitrogens with zero attached hydrogens (tertiary/aromatic N) is 2. The second-order valence-electron chi connectivity index (χ2n) is 9.55. The van der Waals surface area contributed by atoms with Gasteiger partial charge in [-0.05, 0) is 54.0 Å². The van der Waals surface area contributed by atoms with Gasteiger partial charge in [0.15, 0.2) is 0 Å². The van der Waals surface area contributed by atoms with Crippen LogP contribution in [0, 0.1) is 22.0 Å². The molecule has 0 unspecified atom stereocenters. The van der Waals surface area contributed by atoms with Crippen molar-refractivity contribution in [3.05, 3.63) is 74.8 Å². The third kappa shape index (κ3) is 3.28.